The fraction of sp³-hybridized carbons (Fsp3) is 0.308. The lowest BCUT2D eigenvalue weighted by atomic mass is 10.2. The van der Waals surface area contributed by atoms with Crippen molar-refractivity contribution in [3.63, 3.8) is 0 Å². The van der Waals surface area contributed by atoms with Gasteiger partial charge in [0, 0.05) is 5.70 Å². The molecular formula is C13H19NO2. The molecule has 0 bridgehead atoms. The molecular weight excluding hydrogens is 202 g/mol. The lowest BCUT2D eigenvalue weighted by molar-refractivity contribution is 0.198. The van der Waals surface area contributed by atoms with Crippen molar-refractivity contribution in [2.45, 2.75) is 26.7 Å². The standard InChI is InChI=1S/C13H19NO2/c1-4-5-6-7-8-9-10-12(11(2)3)14-13(15)16/h5-6,8-10,14H,2,4,7H2,1,3H3,(H,15,16)/b6-5-,9-8?,12-10-. The second-order valence-electron chi connectivity index (χ2n) is 3.33. The molecule has 0 saturated heterocycles. The number of amides is 1. The van der Waals surface area contributed by atoms with Crippen molar-refractivity contribution in [1.29, 1.82) is 0 Å². The third-order valence-electron chi connectivity index (χ3n) is 1.77. The lowest BCUT2D eigenvalue weighted by Crippen LogP contribution is -2.20. The van der Waals surface area contributed by atoms with Gasteiger partial charge in [-0.25, -0.2) is 4.79 Å². The largest absolute Gasteiger partial charge is 0.465 e. The molecule has 0 aromatic rings. The fourth-order valence-corrected chi connectivity index (χ4v) is 0.990. The van der Waals surface area contributed by atoms with Crippen molar-refractivity contribution in [1.82, 2.24) is 5.32 Å². The number of nitrogens with one attached hydrogen (secondary N) is 1. The highest BCUT2D eigenvalue weighted by molar-refractivity contribution is 5.68. The number of carbonyl (C=O) groups is 1. The first-order valence-corrected chi connectivity index (χ1v) is 5.25. The predicted molar refractivity (Wildman–Crippen MR) is 67.2 cm³/mol. The minimum absolute atomic E-state index is 0.517. The van der Waals surface area contributed by atoms with E-state index in [9.17, 15) is 4.79 Å². The van der Waals surface area contributed by atoms with Crippen molar-refractivity contribution in [3.05, 3.63) is 48.2 Å². The maximum Gasteiger partial charge on any atom is 0.409 e. The molecule has 0 aliphatic heterocycles. The summed E-state index contributed by atoms with van der Waals surface area (Å²) in [5, 5.41) is 10.9. The van der Waals surface area contributed by atoms with Crippen molar-refractivity contribution >= 4 is 6.09 Å². The van der Waals surface area contributed by atoms with E-state index in [0.717, 1.165) is 12.8 Å². The molecule has 0 radical (unpaired) electrons. The molecule has 0 heterocycles. The van der Waals surface area contributed by atoms with Crippen LogP contribution in [-0.4, -0.2) is 11.2 Å². The zero-order chi connectivity index (χ0) is 12.4. The van der Waals surface area contributed by atoms with E-state index in [1.165, 1.54) is 0 Å². The Labute approximate surface area is 96.9 Å². The smallest absolute Gasteiger partial charge is 0.409 e. The zero-order valence-electron chi connectivity index (χ0n) is 9.86. The van der Waals surface area contributed by atoms with Crippen LogP contribution in [0.3, 0.4) is 0 Å². The van der Waals surface area contributed by atoms with E-state index in [4.69, 9.17) is 5.11 Å². The lowest BCUT2D eigenvalue weighted by Gasteiger charge is -2.04. The molecule has 0 aliphatic carbocycles. The van der Waals surface area contributed by atoms with E-state index in [1.54, 1.807) is 13.0 Å². The van der Waals surface area contributed by atoms with Crippen LogP contribution in [0.25, 0.3) is 0 Å². The van der Waals surface area contributed by atoms with E-state index in [0.29, 0.717) is 11.3 Å². The van der Waals surface area contributed by atoms with Gasteiger partial charge >= 0.3 is 6.09 Å². The van der Waals surface area contributed by atoms with Crippen LogP contribution in [0, 0.1) is 0 Å². The van der Waals surface area contributed by atoms with Gasteiger partial charge in [0.05, 0.1) is 0 Å². The van der Waals surface area contributed by atoms with Crippen molar-refractivity contribution in [3.8, 4) is 0 Å². The van der Waals surface area contributed by atoms with Crippen LogP contribution >= 0.6 is 0 Å². The molecule has 3 nitrogen and oxygen atoms in total. The minimum Gasteiger partial charge on any atom is -0.465 e. The summed E-state index contributed by atoms with van der Waals surface area (Å²) in [6, 6.07) is 0. The highest BCUT2D eigenvalue weighted by Gasteiger charge is 1.99. The van der Waals surface area contributed by atoms with E-state index in [-0.39, 0.29) is 0 Å². The number of hydrogen-bond donors (Lipinski definition) is 2. The average Bonchev–Trinajstić information content (AvgIpc) is 2.20. The Bertz CT molecular complexity index is 325. The molecule has 0 aliphatic rings. The summed E-state index contributed by atoms with van der Waals surface area (Å²) < 4.78 is 0. The molecule has 88 valence electrons. The number of hydrogen-bond acceptors (Lipinski definition) is 1. The average molecular weight is 221 g/mol. The molecule has 0 aromatic carbocycles. The molecule has 0 rings (SSSR count). The van der Waals surface area contributed by atoms with Gasteiger partial charge in [0.2, 0.25) is 0 Å². The van der Waals surface area contributed by atoms with Crippen LogP contribution < -0.4 is 5.32 Å². The van der Waals surface area contributed by atoms with Gasteiger partial charge in [-0.2, -0.15) is 0 Å². The van der Waals surface area contributed by atoms with Gasteiger partial charge in [0.25, 0.3) is 0 Å². The molecule has 0 spiro atoms. The summed E-state index contributed by atoms with van der Waals surface area (Å²) >= 11 is 0. The van der Waals surface area contributed by atoms with Crippen LogP contribution in [0.1, 0.15) is 26.7 Å². The first-order valence-electron chi connectivity index (χ1n) is 5.25. The van der Waals surface area contributed by atoms with Crippen LogP contribution in [0.15, 0.2) is 48.2 Å². The Morgan fingerprint density at radius 2 is 2.06 bits per heavy atom. The third-order valence-corrected chi connectivity index (χ3v) is 1.77. The van der Waals surface area contributed by atoms with Crippen molar-refractivity contribution < 1.29 is 9.90 Å². The highest BCUT2D eigenvalue weighted by atomic mass is 16.4. The monoisotopic (exact) mass is 221 g/mol. The summed E-state index contributed by atoms with van der Waals surface area (Å²) in [7, 11) is 0. The van der Waals surface area contributed by atoms with Crippen LogP contribution in [0.5, 0.6) is 0 Å². The number of carboxylic acid groups (broad SMARTS) is 1. The number of allylic oxidation sites excluding steroid dienone is 6. The first-order chi connectivity index (χ1) is 7.57. The van der Waals surface area contributed by atoms with Crippen molar-refractivity contribution in [2.24, 2.45) is 0 Å². The van der Waals surface area contributed by atoms with Crippen LogP contribution in [-0.2, 0) is 0 Å². The van der Waals surface area contributed by atoms with Crippen LogP contribution in [0.4, 0.5) is 4.79 Å². The predicted octanol–water partition coefficient (Wildman–Crippen LogP) is 3.63. The summed E-state index contributed by atoms with van der Waals surface area (Å²) in [5.41, 5.74) is 1.21. The SMILES string of the molecule is C=C(C)/C(=C/C=CC/C=C\CC)NC(=O)O. The van der Waals surface area contributed by atoms with E-state index in [1.807, 2.05) is 12.2 Å². The third kappa shape index (κ3) is 7.62. The molecule has 2 N–H and O–H groups in total. The van der Waals surface area contributed by atoms with Gasteiger partial charge in [-0.3, -0.25) is 5.32 Å². The number of rotatable bonds is 6. The summed E-state index contributed by atoms with van der Waals surface area (Å²) in [5.74, 6) is 0. The maximum atomic E-state index is 10.5. The molecule has 0 aromatic heterocycles. The van der Waals surface area contributed by atoms with Gasteiger partial charge in [0.15, 0.2) is 0 Å². The summed E-state index contributed by atoms with van der Waals surface area (Å²) in [6.45, 7) is 7.53. The minimum atomic E-state index is -1.08. The maximum absolute atomic E-state index is 10.5. The molecule has 1 amide bonds. The summed E-state index contributed by atoms with van der Waals surface area (Å²) in [4.78, 5) is 10.5. The summed E-state index contributed by atoms with van der Waals surface area (Å²) in [6.07, 6.45) is 10.4. The van der Waals surface area contributed by atoms with E-state index < -0.39 is 6.09 Å². The molecule has 0 atom stereocenters. The molecule has 0 fully saturated rings. The fourth-order valence-electron chi connectivity index (χ4n) is 0.990. The van der Waals surface area contributed by atoms with Gasteiger partial charge in [-0.05, 0) is 31.4 Å². The molecule has 0 unspecified atom stereocenters. The Hall–Kier alpha value is -1.77. The Morgan fingerprint density at radius 1 is 1.38 bits per heavy atom. The quantitative estimate of drug-likeness (QED) is 0.531. The second kappa shape index (κ2) is 8.53. The van der Waals surface area contributed by atoms with Gasteiger partial charge in [-0.15, -0.1) is 0 Å². The van der Waals surface area contributed by atoms with Gasteiger partial charge in [-0.1, -0.05) is 37.8 Å². The van der Waals surface area contributed by atoms with E-state index in [2.05, 4.69) is 31.0 Å². The molecule has 0 saturated carbocycles. The van der Waals surface area contributed by atoms with Crippen molar-refractivity contribution in [2.75, 3.05) is 0 Å². The van der Waals surface area contributed by atoms with Gasteiger partial charge in [0.1, 0.15) is 0 Å². The molecule has 16 heavy (non-hydrogen) atoms. The highest BCUT2D eigenvalue weighted by Crippen LogP contribution is 2.03. The normalized spacial score (nSPS) is 12.2. The topological polar surface area (TPSA) is 49.3 Å². The van der Waals surface area contributed by atoms with Gasteiger partial charge < -0.3 is 5.11 Å². The first kappa shape index (κ1) is 14.2. The van der Waals surface area contributed by atoms with E-state index >= 15 is 0 Å². The second-order valence-corrected chi connectivity index (χ2v) is 3.33. The Kier molecular flexibility index (Phi) is 7.59. The zero-order valence-corrected chi connectivity index (χ0v) is 9.86. The molecule has 3 heteroatoms. The van der Waals surface area contributed by atoms with Crippen LogP contribution in [0.2, 0.25) is 0 Å². The Morgan fingerprint density at radius 3 is 2.56 bits per heavy atom. The Balaban J connectivity index is 4.28.